The molecule has 0 spiro atoms. The fourth-order valence-electron chi connectivity index (χ4n) is 1.64. The quantitative estimate of drug-likeness (QED) is 0.627. The van der Waals surface area contributed by atoms with Crippen molar-refractivity contribution in [3.05, 3.63) is 0 Å². The minimum absolute atomic E-state index is 0.0987. The number of ether oxygens (including phenoxy) is 1. The van der Waals surface area contributed by atoms with Crippen LogP contribution in [0.2, 0.25) is 0 Å². The molecule has 5 nitrogen and oxygen atoms in total. The van der Waals surface area contributed by atoms with E-state index in [4.69, 9.17) is 4.74 Å². The molecule has 114 valence electrons. The fourth-order valence-corrected chi connectivity index (χ4v) is 4.63. The zero-order valence-corrected chi connectivity index (χ0v) is 13.7. The van der Waals surface area contributed by atoms with Crippen molar-refractivity contribution in [3.63, 3.8) is 0 Å². The maximum Gasteiger partial charge on any atom is 0.325 e. The van der Waals surface area contributed by atoms with Gasteiger partial charge < -0.3 is 10.1 Å². The van der Waals surface area contributed by atoms with Crippen LogP contribution in [0, 0.1) is 11.3 Å². The lowest BCUT2D eigenvalue weighted by Gasteiger charge is -2.27. The van der Waals surface area contributed by atoms with Crippen LogP contribution in [0.1, 0.15) is 27.2 Å². The van der Waals surface area contributed by atoms with E-state index in [-0.39, 0.29) is 37.2 Å². The number of amides is 1. The molecule has 0 saturated carbocycles. The smallest absolute Gasteiger partial charge is 0.325 e. The second-order valence-corrected chi connectivity index (χ2v) is 7.79. The SMILES string of the molecule is CCOC(=O)CNC(=O)C1CSSCC(C)(C)C(=O)C1. The third-order valence-corrected chi connectivity index (χ3v) is 5.85. The molecular weight excluding hydrogens is 298 g/mol. The highest BCUT2D eigenvalue weighted by molar-refractivity contribution is 8.76. The van der Waals surface area contributed by atoms with Gasteiger partial charge in [0.1, 0.15) is 12.3 Å². The summed E-state index contributed by atoms with van der Waals surface area (Å²) in [5.74, 6) is 0.350. The number of esters is 1. The number of hydrogen-bond acceptors (Lipinski definition) is 6. The maximum atomic E-state index is 12.1. The van der Waals surface area contributed by atoms with Gasteiger partial charge in [-0.1, -0.05) is 35.4 Å². The molecule has 0 aromatic rings. The summed E-state index contributed by atoms with van der Waals surface area (Å²) in [6.07, 6.45) is 0.231. The molecule has 7 heteroatoms. The minimum atomic E-state index is -0.458. The van der Waals surface area contributed by atoms with Crippen molar-refractivity contribution in [2.24, 2.45) is 11.3 Å². The van der Waals surface area contributed by atoms with E-state index in [1.807, 2.05) is 13.8 Å². The van der Waals surface area contributed by atoms with Crippen molar-refractivity contribution in [1.29, 1.82) is 0 Å². The Morgan fingerprint density at radius 2 is 2.10 bits per heavy atom. The molecule has 0 aliphatic carbocycles. The van der Waals surface area contributed by atoms with Gasteiger partial charge in [0.15, 0.2) is 0 Å². The van der Waals surface area contributed by atoms with E-state index in [0.717, 1.165) is 5.75 Å². The Morgan fingerprint density at radius 1 is 1.40 bits per heavy atom. The van der Waals surface area contributed by atoms with Crippen LogP contribution < -0.4 is 5.32 Å². The lowest BCUT2D eigenvalue weighted by Crippen LogP contribution is -2.40. The van der Waals surface area contributed by atoms with E-state index < -0.39 is 11.4 Å². The van der Waals surface area contributed by atoms with E-state index in [2.05, 4.69) is 5.32 Å². The number of ketones is 1. The van der Waals surface area contributed by atoms with Gasteiger partial charge in [0.05, 0.1) is 12.5 Å². The number of carbonyl (C=O) groups excluding carboxylic acids is 3. The van der Waals surface area contributed by atoms with Crippen molar-refractivity contribution in [3.8, 4) is 0 Å². The monoisotopic (exact) mass is 319 g/mol. The molecule has 1 saturated heterocycles. The first-order valence-electron chi connectivity index (χ1n) is 6.58. The average Bonchev–Trinajstić information content (AvgIpc) is 2.38. The number of Topliss-reactive ketones (excluding diaryl/α,β-unsaturated/α-hetero) is 1. The summed E-state index contributed by atoms with van der Waals surface area (Å²) < 4.78 is 4.75. The molecular formula is C13H21NO4S2. The Hall–Kier alpha value is -0.690. The van der Waals surface area contributed by atoms with Gasteiger partial charge in [-0.2, -0.15) is 0 Å². The Morgan fingerprint density at radius 3 is 2.75 bits per heavy atom. The second-order valence-electron chi connectivity index (χ2n) is 5.28. The molecule has 1 N–H and O–H groups in total. The van der Waals surface area contributed by atoms with E-state index in [9.17, 15) is 14.4 Å². The molecule has 0 bridgehead atoms. The van der Waals surface area contributed by atoms with Gasteiger partial charge in [0.25, 0.3) is 0 Å². The van der Waals surface area contributed by atoms with Crippen LogP contribution in [0.4, 0.5) is 0 Å². The van der Waals surface area contributed by atoms with Crippen LogP contribution in [0.3, 0.4) is 0 Å². The number of hydrogen-bond donors (Lipinski definition) is 1. The molecule has 1 fully saturated rings. The standard InChI is InChI=1S/C13H21NO4S2/c1-4-18-11(16)6-14-12(17)9-5-10(15)13(2,3)8-20-19-7-9/h9H,4-8H2,1-3H3,(H,14,17). The van der Waals surface area contributed by atoms with E-state index >= 15 is 0 Å². The van der Waals surface area contributed by atoms with E-state index in [1.54, 1.807) is 28.5 Å². The first-order valence-corrected chi connectivity index (χ1v) is 9.06. The summed E-state index contributed by atoms with van der Waals surface area (Å²) in [6, 6.07) is 0. The van der Waals surface area contributed by atoms with Crippen molar-refractivity contribution in [2.45, 2.75) is 27.2 Å². The molecule has 0 radical (unpaired) electrons. The van der Waals surface area contributed by atoms with Crippen LogP contribution in [0.25, 0.3) is 0 Å². The second kappa shape index (κ2) is 7.93. The maximum absolute atomic E-state index is 12.1. The summed E-state index contributed by atoms with van der Waals surface area (Å²) in [5.41, 5.74) is -0.405. The molecule has 1 aliphatic rings. The summed E-state index contributed by atoms with van der Waals surface area (Å²) in [4.78, 5) is 35.4. The molecule has 1 heterocycles. The molecule has 1 amide bonds. The van der Waals surface area contributed by atoms with Crippen LogP contribution in [0.15, 0.2) is 0 Å². The largest absolute Gasteiger partial charge is 0.465 e. The van der Waals surface area contributed by atoms with Crippen molar-refractivity contribution >= 4 is 39.2 Å². The highest BCUT2D eigenvalue weighted by Gasteiger charge is 2.34. The van der Waals surface area contributed by atoms with E-state index in [0.29, 0.717) is 5.75 Å². The third-order valence-electron chi connectivity index (χ3n) is 3.04. The highest BCUT2D eigenvalue weighted by atomic mass is 33.1. The lowest BCUT2D eigenvalue weighted by atomic mass is 9.85. The highest BCUT2D eigenvalue weighted by Crippen LogP contribution is 2.37. The first kappa shape index (κ1) is 17.4. The number of rotatable bonds is 4. The summed E-state index contributed by atoms with van der Waals surface area (Å²) in [6.45, 7) is 5.67. The summed E-state index contributed by atoms with van der Waals surface area (Å²) in [5, 5.41) is 2.54. The topological polar surface area (TPSA) is 72.5 Å². The van der Waals surface area contributed by atoms with Gasteiger partial charge in [-0.25, -0.2) is 0 Å². The molecule has 1 unspecified atom stereocenters. The van der Waals surface area contributed by atoms with Crippen LogP contribution >= 0.6 is 21.6 Å². The number of carbonyl (C=O) groups is 3. The number of nitrogens with one attached hydrogen (secondary N) is 1. The Balaban J connectivity index is 2.53. The van der Waals surface area contributed by atoms with Gasteiger partial charge in [-0.05, 0) is 6.92 Å². The zero-order chi connectivity index (χ0) is 15.2. The van der Waals surface area contributed by atoms with Crippen molar-refractivity contribution in [1.82, 2.24) is 5.32 Å². The van der Waals surface area contributed by atoms with Gasteiger partial charge in [-0.3, -0.25) is 14.4 Å². The first-order chi connectivity index (χ1) is 9.36. The molecule has 0 aromatic heterocycles. The molecule has 1 rings (SSSR count). The average molecular weight is 319 g/mol. The summed E-state index contributed by atoms with van der Waals surface area (Å²) >= 11 is 0. The Labute approximate surface area is 127 Å². The lowest BCUT2D eigenvalue weighted by molar-refractivity contribution is -0.143. The fraction of sp³-hybridized carbons (Fsp3) is 0.769. The summed E-state index contributed by atoms with van der Waals surface area (Å²) in [7, 11) is 3.22. The van der Waals surface area contributed by atoms with Gasteiger partial charge in [0.2, 0.25) is 5.91 Å². The minimum Gasteiger partial charge on any atom is -0.465 e. The zero-order valence-electron chi connectivity index (χ0n) is 12.1. The molecule has 0 aromatic carbocycles. The Bertz CT molecular complexity index is 385. The van der Waals surface area contributed by atoms with Gasteiger partial charge in [-0.15, -0.1) is 0 Å². The van der Waals surface area contributed by atoms with Crippen molar-refractivity contribution in [2.75, 3.05) is 24.7 Å². The normalized spacial score (nSPS) is 22.6. The van der Waals surface area contributed by atoms with Gasteiger partial charge >= 0.3 is 5.97 Å². The predicted octanol–water partition coefficient (Wildman–Crippen LogP) is 1.66. The Kier molecular flexibility index (Phi) is 6.88. The molecule has 1 atom stereocenters. The van der Waals surface area contributed by atoms with E-state index in [1.165, 1.54) is 0 Å². The third kappa shape index (κ3) is 5.36. The van der Waals surface area contributed by atoms with Gasteiger partial charge in [0, 0.05) is 23.3 Å². The molecule has 20 heavy (non-hydrogen) atoms. The van der Waals surface area contributed by atoms with Crippen molar-refractivity contribution < 1.29 is 19.1 Å². The van der Waals surface area contributed by atoms with Crippen LogP contribution in [0.5, 0.6) is 0 Å². The molecule has 1 aliphatic heterocycles. The predicted molar refractivity (Wildman–Crippen MR) is 81.5 cm³/mol. The van der Waals surface area contributed by atoms with Crippen LogP contribution in [-0.4, -0.2) is 42.3 Å². The van der Waals surface area contributed by atoms with Crippen LogP contribution in [-0.2, 0) is 19.1 Å².